The van der Waals surface area contributed by atoms with Crippen LogP contribution in [0.2, 0.25) is 0 Å². The number of hydrogen-bond donors (Lipinski definition) is 0. The number of aryl methyl sites for hydroxylation is 2. The van der Waals surface area contributed by atoms with E-state index in [1.165, 1.54) is 0 Å². The molecular formula is C15H20N6O. The largest absolute Gasteiger partial charge is 0.315 e. The maximum atomic E-state index is 12.6. The average Bonchev–Trinajstić information content (AvgIpc) is 2.92. The van der Waals surface area contributed by atoms with E-state index in [1.54, 1.807) is 15.3 Å². The van der Waals surface area contributed by atoms with Gasteiger partial charge in [-0.25, -0.2) is 4.98 Å². The molecule has 3 heterocycles. The number of nitrogens with zero attached hydrogens (tertiary/aromatic N) is 6. The van der Waals surface area contributed by atoms with Crippen molar-refractivity contribution in [1.82, 2.24) is 29.0 Å². The van der Waals surface area contributed by atoms with Gasteiger partial charge in [-0.05, 0) is 33.1 Å². The van der Waals surface area contributed by atoms with Gasteiger partial charge in [-0.2, -0.15) is 9.50 Å². The first kappa shape index (κ1) is 14.6. The molecule has 0 aliphatic rings. The van der Waals surface area contributed by atoms with Crippen LogP contribution in [0.15, 0.2) is 23.3 Å². The van der Waals surface area contributed by atoms with E-state index in [9.17, 15) is 4.79 Å². The van der Waals surface area contributed by atoms with Crippen molar-refractivity contribution in [3.05, 3.63) is 34.6 Å². The SMILES string of the molecule is CCc1nc2ncc3c(=O)n(CCCN(C)C)ccc3n2n1. The van der Waals surface area contributed by atoms with Crippen LogP contribution in [0.25, 0.3) is 16.7 Å². The summed E-state index contributed by atoms with van der Waals surface area (Å²) in [6, 6.07) is 1.91. The summed E-state index contributed by atoms with van der Waals surface area (Å²) in [7, 11) is 4.06. The molecule has 0 aliphatic heterocycles. The molecule has 0 radical (unpaired) electrons. The first-order valence-electron chi connectivity index (χ1n) is 7.48. The van der Waals surface area contributed by atoms with Crippen LogP contribution < -0.4 is 5.56 Å². The van der Waals surface area contributed by atoms with Gasteiger partial charge in [-0.1, -0.05) is 6.92 Å². The molecule has 3 aromatic heterocycles. The summed E-state index contributed by atoms with van der Waals surface area (Å²) in [5.74, 6) is 1.27. The molecule has 7 heteroatoms. The number of aromatic nitrogens is 5. The van der Waals surface area contributed by atoms with E-state index < -0.39 is 0 Å². The van der Waals surface area contributed by atoms with Crippen LogP contribution in [0.5, 0.6) is 0 Å². The van der Waals surface area contributed by atoms with Gasteiger partial charge in [-0.3, -0.25) is 4.79 Å². The number of pyridine rings is 1. The van der Waals surface area contributed by atoms with Gasteiger partial charge in [0.2, 0.25) is 0 Å². The van der Waals surface area contributed by atoms with Gasteiger partial charge in [0.1, 0.15) is 0 Å². The summed E-state index contributed by atoms with van der Waals surface area (Å²) >= 11 is 0. The van der Waals surface area contributed by atoms with E-state index in [1.807, 2.05) is 33.3 Å². The second-order valence-corrected chi connectivity index (χ2v) is 5.62. The molecule has 0 fully saturated rings. The summed E-state index contributed by atoms with van der Waals surface area (Å²) < 4.78 is 3.39. The molecule has 0 spiro atoms. The van der Waals surface area contributed by atoms with Crippen LogP contribution in [0.1, 0.15) is 19.2 Å². The van der Waals surface area contributed by atoms with Gasteiger partial charge in [0.25, 0.3) is 11.3 Å². The topological polar surface area (TPSA) is 68.3 Å². The lowest BCUT2D eigenvalue weighted by Crippen LogP contribution is -2.23. The molecule has 0 saturated heterocycles. The summed E-state index contributed by atoms with van der Waals surface area (Å²) in [6.07, 6.45) is 5.10. The second kappa shape index (κ2) is 5.84. The first-order chi connectivity index (χ1) is 10.6. The predicted octanol–water partition coefficient (Wildman–Crippen LogP) is 0.953. The number of hydrogen-bond acceptors (Lipinski definition) is 5. The highest BCUT2D eigenvalue weighted by Crippen LogP contribution is 2.10. The Morgan fingerprint density at radius 2 is 2.14 bits per heavy atom. The zero-order chi connectivity index (χ0) is 15.7. The van der Waals surface area contributed by atoms with Crippen LogP contribution in [-0.4, -0.2) is 49.7 Å². The standard InChI is InChI=1S/C15H20N6O/c1-4-13-17-15-16-10-11-12(21(15)18-13)6-9-20(14(11)22)8-5-7-19(2)3/h6,9-10H,4-5,7-8H2,1-3H3. The predicted molar refractivity (Wildman–Crippen MR) is 85.1 cm³/mol. The first-order valence-corrected chi connectivity index (χ1v) is 7.48. The molecule has 0 aromatic carbocycles. The molecular weight excluding hydrogens is 280 g/mol. The monoisotopic (exact) mass is 300 g/mol. The number of fused-ring (bicyclic) bond motifs is 3. The Kier molecular flexibility index (Phi) is 3.89. The minimum atomic E-state index is -0.0285. The molecule has 3 aromatic rings. The third-order valence-electron chi connectivity index (χ3n) is 3.67. The van der Waals surface area contributed by atoms with Crippen LogP contribution >= 0.6 is 0 Å². The molecule has 3 rings (SSSR count). The van der Waals surface area contributed by atoms with Gasteiger partial charge in [-0.15, -0.1) is 5.10 Å². The van der Waals surface area contributed by atoms with Crippen molar-refractivity contribution < 1.29 is 0 Å². The highest BCUT2D eigenvalue weighted by Gasteiger charge is 2.10. The lowest BCUT2D eigenvalue weighted by molar-refractivity contribution is 0.385. The minimum Gasteiger partial charge on any atom is -0.315 e. The molecule has 22 heavy (non-hydrogen) atoms. The van der Waals surface area contributed by atoms with E-state index in [4.69, 9.17) is 0 Å². The molecule has 0 atom stereocenters. The van der Waals surface area contributed by atoms with Gasteiger partial charge in [0.15, 0.2) is 5.82 Å². The van der Waals surface area contributed by atoms with E-state index in [0.29, 0.717) is 17.7 Å². The van der Waals surface area contributed by atoms with E-state index in [0.717, 1.165) is 30.7 Å². The van der Waals surface area contributed by atoms with Crippen LogP contribution in [0.4, 0.5) is 0 Å². The fourth-order valence-corrected chi connectivity index (χ4v) is 2.48. The normalized spacial score (nSPS) is 11.8. The quantitative estimate of drug-likeness (QED) is 0.702. The fraction of sp³-hybridized carbons (Fsp3) is 0.467. The van der Waals surface area contributed by atoms with Gasteiger partial charge >= 0.3 is 0 Å². The molecule has 116 valence electrons. The second-order valence-electron chi connectivity index (χ2n) is 5.62. The zero-order valence-electron chi connectivity index (χ0n) is 13.2. The molecule has 0 amide bonds. The zero-order valence-corrected chi connectivity index (χ0v) is 13.2. The summed E-state index contributed by atoms with van der Waals surface area (Å²) in [5, 5.41) is 4.98. The number of rotatable bonds is 5. The Balaban J connectivity index is 2.04. The molecule has 0 N–H and O–H groups in total. The van der Waals surface area contributed by atoms with Gasteiger partial charge in [0, 0.05) is 25.4 Å². The van der Waals surface area contributed by atoms with Gasteiger partial charge in [0.05, 0.1) is 10.9 Å². The summed E-state index contributed by atoms with van der Waals surface area (Å²) in [4.78, 5) is 23.3. The van der Waals surface area contributed by atoms with Crippen molar-refractivity contribution >= 4 is 16.7 Å². The van der Waals surface area contributed by atoms with Crippen molar-refractivity contribution in [3.63, 3.8) is 0 Å². The molecule has 0 unspecified atom stereocenters. The molecule has 0 bridgehead atoms. The van der Waals surface area contributed by atoms with Gasteiger partial charge < -0.3 is 9.47 Å². The van der Waals surface area contributed by atoms with Crippen molar-refractivity contribution in [1.29, 1.82) is 0 Å². The molecule has 0 saturated carbocycles. The van der Waals surface area contributed by atoms with Crippen LogP contribution in [-0.2, 0) is 13.0 Å². The van der Waals surface area contributed by atoms with Crippen molar-refractivity contribution in [2.75, 3.05) is 20.6 Å². The summed E-state index contributed by atoms with van der Waals surface area (Å²) in [5.41, 5.74) is 0.727. The smallest absolute Gasteiger partial charge is 0.261 e. The lowest BCUT2D eigenvalue weighted by atomic mass is 10.3. The Morgan fingerprint density at radius 3 is 2.86 bits per heavy atom. The van der Waals surface area contributed by atoms with Crippen LogP contribution in [0.3, 0.4) is 0 Å². The van der Waals surface area contributed by atoms with Crippen molar-refractivity contribution in [2.45, 2.75) is 26.3 Å². The lowest BCUT2D eigenvalue weighted by Gasteiger charge is -2.11. The van der Waals surface area contributed by atoms with Crippen molar-refractivity contribution in [2.24, 2.45) is 0 Å². The minimum absolute atomic E-state index is 0.0285. The van der Waals surface area contributed by atoms with E-state index in [-0.39, 0.29) is 5.56 Å². The maximum Gasteiger partial charge on any atom is 0.261 e. The summed E-state index contributed by atoms with van der Waals surface area (Å²) in [6.45, 7) is 3.64. The highest BCUT2D eigenvalue weighted by molar-refractivity contribution is 5.78. The Bertz CT molecular complexity index is 863. The van der Waals surface area contributed by atoms with E-state index >= 15 is 0 Å². The molecule has 0 aliphatic carbocycles. The maximum absolute atomic E-state index is 12.6. The third kappa shape index (κ3) is 2.59. The Morgan fingerprint density at radius 1 is 1.32 bits per heavy atom. The van der Waals surface area contributed by atoms with Crippen molar-refractivity contribution in [3.8, 4) is 0 Å². The highest BCUT2D eigenvalue weighted by atomic mass is 16.1. The fourth-order valence-electron chi connectivity index (χ4n) is 2.48. The third-order valence-corrected chi connectivity index (χ3v) is 3.67. The average molecular weight is 300 g/mol. The van der Waals surface area contributed by atoms with Crippen LogP contribution in [0, 0.1) is 0 Å². The Labute approximate surface area is 128 Å². The molecule has 7 nitrogen and oxygen atoms in total. The van der Waals surface area contributed by atoms with E-state index in [2.05, 4.69) is 20.0 Å². The Hall–Kier alpha value is -2.28.